The van der Waals surface area contributed by atoms with Gasteiger partial charge in [0.1, 0.15) is 5.65 Å². The highest BCUT2D eigenvalue weighted by Gasteiger charge is 2.21. The Morgan fingerprint density at radius 2 is 2.20 bits per heavy atom. The average Bonchev–Trinajstić information content (AvgIpc) is 2.54. The summed E-state index contributed by atoms with van der Waals surface area (Å²) < 4.78 is 24.3. The average molecular weight is 245 g/mol. The van der Waals surface area contributed by atoms with Crippen molar-refractivity contribution in [3.63, 3.8) is 0 Å². The lowest BCUT2D eigenvalue weighted by molar-refractivity contribution is 0.603. The van der Waals surface area contributed by atoms with Gasteiger partial charge in [0.15, 0.2) is 5.03 Å². The summed E-state index contributed by atoms with van der Waals surface area (Å²) in [5.41, 5.74) is 1.09. The first kappa shape index (κ1) is 10.4. The second-order valence-electron chi connectivity index (χ2n) is 3.08. The predicted octanol–water partition coefficient (Wildman–Crippen LogP) is 1.82. The van der Waals surface area contributed by atoms with Crippen molar-refractivity contribution in [2.24, 2.45) is 0 Å². The largest absolute Gasteiger partial charge is 0.289 e. The van der Waals surface area contributed by atoms with Gasteiger partial charge in [-0.3, -0.25) is 4.40 Å². The molecule has 80 valence electrons. The molecule has 0 bridgehead atoms. The number of aryl methyl sites for hydroxylation is 1. The lowest BCUT2D eigenvalue weighted by atomic mass is 10.4. The monoisotopic (exact) mass is 244 g/mol. The van der Waals surface area contributed by atoms with Gasteiger partial charge in [-0.15, -0.1) is 0 Å². The molecule has 0 radical (unpaired) electrons. The SMILES string of the molecule is CCc1nc2ccccn2c1S(=O)(=O)Cl. The van der Waals surface area contributed by atoms with Crippen molar-refractivity contribution in [2.45, 2.75) is 18.4 Å². The second kappa shape index (κ2) is 3.50. The fourth-order valence-corrected chi connectivity index (χ4v) is 2.86. The van der Waals surface area contributed by atoms with Crippen LogP contribution in [0.2, 0.25) is 0 Å². The molecular formula is C9H9ClN2O2S. The normalized spacial score (nSPS) is 12.1. The van der Waals surface area contributed by atoms with Gasteiger partial charge in [0.25, 0.3) is 9.05 Å². The molecule has 0 aliphatic heterocycles. The Morgan fingerprint density at radius 3 is 2.80 bits per heavy atom. The fraction of sp³-hybridized carbons (Fsp3) is 0.222. The summed E-state index contributed by atoms with van der Waals surface area (Å²) in [4.78, 5) is 4.20. The van der Waals surface area contributed by atoms with Crippen LogP contribution in [0.1, 0.15) is 12.6 Å². The highest BCUT2D eigenvalue weighted by atomic mass is 35.7. The van der Waals surface area contributed by atoms with Gasteiger partial charge in [0.05, 0.1) is 5.69 Å². The minimum atomic E-state index is -3.76. The molecule has 4 nitrogen and oxygen atoms in total. The van der Waals surface area contributed by atoms with Crippen molar-refractivity contribution in [3.8, 4) is 0 Å². The van der Waals surface area contributed by atoms with E-state index in [9.17, 15) is 8.42 Å². The van der Waals surface area contributed by atoms with Crippen LogP contribution in [-0.4, -0.2) is 17.8 Å². The molecule has 6 heteroatoms. The number of halogens is 1. The Morgan fingerprint density at radius 1 is 1.47 bits per heavy atom. The highest BCUT2D eigenvalue weighted by molar-refractivity contribution is 8.13. The van der Waals surface area contributed by atoms with Crippen LogP contribution < -0.4 is 0 Å². The van der Waals surface area contributed by atoms with Crippen LogP contribution in [0.3, 0.4) is 0 Å². The van der Waals surface area contributed by atoms with E-state index < -0.39 is 9.05 Å². The summed E-state index contributed by atoms with van der Waals surface area (Å²) in [6.45, 7) is 1.84. The predicted molar refractivity (Wildman–Crippen MR) is 57.6 cm³/mol. The maximum Gasteiger partial charge on any atom is 0.279 e. The molecule has 2 aromatic heterocycles. The molecule has 0 spiro atoms. The van der Waals surface area contributed by atoms with Gasteiger partial charge in [-0.2, -0.15) is 0 Å². The quantitative estimate of drug-likeness (QED) is 0.758. The van der Waals surface area contributed by atoms with Gasteiger partial charge in [-0.05, 0) is 18.6 Å². The van der Waals surface area contributed by atoms with Crippen LogP contribution in [0.15, 0.2) is 29.4 Å². The highest BCUT2D eigenvalue weighted by Crippen LogP contribution is 2.21. The molecule has 2 heterocycles. The number of nitrogens with zero attached hydrogens (tertiary/aromatic N) is 2. The van der Waals surface area contributed by atoms with Crippen LogP contribution in [0, 0.1) is 0 Å². The van der Waals surface area contributed by atoms with Gasteiger partial charge in [0.2, 0.25) is 0 Å². The summed E-state index contributed by atoms with van der Waals surface area (Å²) >= 11 is 0. The molecule has 0 aromatic carbocycles. The van der Waals surface area contributed by atoms with Crippen molar-refractivity contribution in [1.82, 2.24) is 9.38 Å². The summed E-state index contributed by atoms with van der Waals surface area (Å²) in [5, 5.41) is 0.0715. The second-order valence-corrected chi connectivity index (χ2v) is 5.57. The molecule has 0 fully saturated rings. The molecule has 0 unspecified atom stereocenters. The van der Waals surface area contributed by atoms with Crippen molar-refractivity contribution in [1.29, 1.82) is 0 Å². The molecular weight excluding hydrogens is 236 g/mol. The Balaban J connectivity index is 2.91. The smallest absolute Gasteiger partial charge is 0.279 e. The van der Waals surface area contributed by atoms with Gasteiger partial charge in [-0.25, -0.2) is 13.4 Å². The van der Waals surface area contributed by atoms with Crippen LogP contribution in [0.5, 0.6) is 0 Å². The summed E-state index contributed by atoms with van der Waals surface area (Å²) in [6, 6.07) is 5.27. The maximum absolute atomic E-state index is 11.4. The number of imidazole rings is 1. The van der Waals surface area contributed by atoms with E-state index in [2.05, 4.69) is 4.98 Å². The fourth-order valence-electron chi connectivity index (χ4n) is 1.51. The minimum Gasteiger partial charge on any atom is -0.289 e. The van der Waals surface area contributed by atoms with E-state index >= 15 is 0 Å². The molecule has 2 rings (SSSR count). The van der Waals surface area contributed by atoms with Gasteiger partial charge in [0, 0.05) is 16.9 Å². The van der Waals surface area contributed by atoms with Crippen LogP contribution in [-0.2, 0) is 15.5 Å². The Hall–Kier alpha value is -1.07. The molecule has 0 N–H and O–H groups in total. The Labute approximate surface area is 91.9 Å². The molecule has 2 aromatic rings. The van der Waals surface area contributed by atoms with Crippen molar-refractivity contribution >= 4 is 25.4 Å². The Kier molecular flexibility index (Phi) is 2.44. The molecule has 0 saturated carbocycles. The van der Waals surface area contributed by atoms with E-state index in [1.54, 1.807) is 24.4 Å². The lowest BCUT2D eigenvalue weighted by Gasteiger charge is -1.98. The molecule has 0 aliphatic rings. The standard InChI is InChI=1S/C9H9ClN2O2S/c1-2-7-9(15(10,13)14)12-6-4-3-5-8(12)11-7/h3-6H,2H2,1H3. The van der Waals surface area contributed by atoms with Crippen LogP contribution >= 0.6 is 10.7 Å². The third kappa shape index (κ3) is 1.72. The van der Waals surface area contributed by atoms with Crippen LogP contribution in [0.25, 0.3) is 5.65 Å². The number of aromatic nitrogens is 2. The third-order valence-corrected chi connectivity index (χ3v) is 3.45. The zero-order chi connectivity index (χ0) is 11.1. The van der Waals surface area contributed by atoms with Gasteiger partial charge < -0.3 is 0 Å². The molecule has 0 saturated heterocycles. The minimum absolute atomic E-state index is 0.0715. The lowest BCUT2D eigenvalue weighted by Crippen LogP contribution is -1.99. The zero-order valence-electron chi connectivity index (χ0n) is 8.01. The van der Waals surface area contributed by atoms with Crippen molar-refractivity contribution < 1.29 is 8.42 Å². The first-order chi connectivity index (χ1) is 7.04. The van der Waals surface area contributed by atoms with E-state index in [4.69, 9.17) is 10.7 Å². The maximum atomic E-state index is 11.4. The summed E-state index contributed by atoms with van der Waals surface area (Å²) in [6.07, 6.45) is 2.17. The van der Waals surface area contributed by atoms with Gasteiger partial charge in [-0.1, -0.05) is 13.0 Å². The number of hydrogen-bond donors (Lipinski definition) is 0. The molecule has 0 aliphatic carbocycles. The number of pyridine rings is 1. The van der Waals surface area contributed by atoms with Crippen molar-refractivity contribution in [3.05, 3.63) is 30.1 Å². The first-order valence-electron chi connectivity index (χ1n) is 4.44. The molecule has 0 atom stereocenters. The van der Waals surface area contributed by atoms with E-state index in [0.29, 0.717) is 17.8 Å². The van der Waals surface area contributed by atoms with E-state index in [0.717, 1.165) is 0 Å². The topological polar surface area (TPSA) is 51.4 Å². The van der Waals surface area contributed by atoms with E-state index in [-0.39, 0.29) is 5.03 Å². The summed E-state index contributed by atoms with van der Waals surface area (Å²) in [7, 11) is 1.62. The third-order valence-electron chi connectivity index (χ3n) is 2.12. The van der Waals surface area contributed by atoms with Crippen molar-refractivity contribution in [2.75, 3.05) is 0 Å². The zero-order valence-corrected chi connectivity index (χ0v) is 9.59. The first-order valence-corrected chi connectivity index (χ1v) is 6.75. The number of rotatable bonds is 2. The van der Waals surface area contributed by atoms with E-state index in [1.165, 1.54) is 4.40 Å². The van der Waals surface area contributed by atoms with Gasteiger partial charge >= 0.3 is 0 Å². The molecule has 15 heavy (non-hydrogen) atoms. The number of fused-ring (bicyclic) bond motifs is 1. The van der Waals surface area contributed by atoms with E-state index in [1.807, 2.05) is 6.92 Å². The Bertz CT molecular complexity index is 604. The summed E-state index contributed by atoms with van der Waals surface area (Å²) in [5.74, 6) is 0. The number of hydrogen-bond acceptors (Lipinski definition) is 3. The molecule has 0 amide bonds. The van der Waals surface area contributed by atoms with Crippen LogP contribution in [0.4, 0.5) is 0 Å².